The van der Waals surface area contributed by atoms with Crippen LogP contribution < -0.4 is 10.6 Å². The first-order valence-corrected chi connectivity index (χ1v) is 8.15. The highest BCUT2D eigenvalue weighted by Gasteiger charge is 2.32. The minimum Gasteiger partial charge on any atom is -0.464 e. The van der Waals surface area contributed by atoms with Crippen LogP contribution in [-0.4, -0.2) is 16.2 Å². The van der Waals surface area contributed by atoms with E-state index in [4.69, 9.17) is 5.73 Å². The van der Waals surface area contributed by atoms with E-state index < -0.39 is 17.8 Å². The largest absolute Gasteiger partial charge is 0.464 e. The van der Waals surface area contributed by atoms with Crippen LogP contribution in [0.3, 0.4) is 0 Å². The van der Waals surface area contributed by atoms with Gasteiger partial charge in [-0.25, -0.2) is 14.7 Å². The lowest BCUT2D eigenvalue weighted by Gasteiger charge is -2.17. The van der Waals surface area contributed by atoms with Gasteiger partial charge in [0.15, 0.2) is 5.13 Å². The zero-order valence-electron chi connectivity index (χ0n) is 13.1. The van der Waals surface area contributed by atoms with Crippen LogP contribution in [0.15, 0.2) is 53.9 Å². The molecular weight excluding hydrogens is 367 g/mol. The molecule has 1 aromatic heterocycles. The van der Waals surface area contributed by atoms with Gasteiger partial charge in [-0.05, 0) is 30.3 Å². The van der Waals surface area contributed by atoms with Crippen LogP contribution >= 0.6 is 11.3 Å². The Morgan fingerprint density at radius 3 is 2.54 bits per heavy atom. The van der Waals surface area contributed by atoms with Gasteiger partial charge in [-0.3, -0.25) is 0 Å². The number of nitrogen functional groups attached to an aromatic ring is 1. The Morgan fingerprint density at radius 2 is 1.88 bits per heavy atom. The Kier molecular flexibility index (Phi) is 4.56. The predicted octanol–water partition coefficient (Wildman–Crippen LogP) is 5.23. The number of anilines is 3. The number of aromatic nitrogens is 1. The molecule has 134 valence electrons. The molecule has 1 heterocycles. The second-order valence-electron chi connectivity index (χ2n) is 5.31. The Bertz CT molecular complexity index is 956. The monoisotopic (exact) mass is 379 g/mol. The molecule has 1 amide bonds. The third-order valence-electron chi connectivity index (χ3n) is 3.49. The number of benzene rings is 2. The Labute approximate surface area is 150 Å². The lowest BCUT2D eigenvalue weighted by atomic mass is 10.1. The number of alkyl halides is 3. The number of hydrogen-bond acceptors (Lipinski definition) is 4. The smallest absolute Gasteiger partial charge is 0.418 e. The van der Waals surface area contributed by atoms with Crippen molar-refractivity contribution in [1.29, 1.82) is 0 Å². The van der Waals surface area contributed by atoms with Crippen LogP contribution in [0.5, 0.6) is 0 Å². The summed E-state index contributed by atoms with van der Waals surface area (Å²) in [5.41, 5.74) is 6.33. The molecule has 5 nitrogen and oxygen atoms in total. The summed E-state index contributed by atoms with van der Waals surface area (Å²) in [7, 11) is 0. The fourth-order valence-electron chi connectivity index (χ4n) is 2.32. The van der Waals surface area contributed by atoms with Crippen molar-refractivity contribution >= 4 is 33.9 Å². The molecule has 3 aromatic rings. The lowest BCUT2D eigenvalue weighted by molar-refractivity contribution is -0.137. The average Bonchev–Trinajstić information content (AvgIpc) is 3.04. The summed E-state index contributed by atoms with van der Waals surface area (Å²) < 4.78 is 38.7. The van der Waals surface area contributed by atoms with Crippen LogP contribution in [0.4, 0.5) is 34.5 Å². The van der Waals surface area contributed by atoms with Gasteiger partial charge >= 0.3 is 12.3 Å². The van der Waals surface area contributed by atoms with Gasteiger partial charge in [0.2, 0.25) is 0 Å². The third kappa shape index (κ3) is 3.62. The molecule has 0 unspecified atom stereocenters. The summed E-state index contributed by atoms with van der Waals surface area (Å²) in [5.74, 6) is 0. The zero-order valence-corrected chi connectivity index (χ0v) is 13.9. The van der Waals surface area contributed by atoms with Gasteiger partial charge in [-0.2, -0.15) is 13.2 Å². The Hall–Kier alpha value is -3.07. The quantitative estimate of drug-likeness (QED) is 0.611. The van der Waals surface area contributed by atoms with E-state index in [2.05, 4.69) is 4.98 Å². The molecule has 0 radical (unpaired) electrons. The molecule has 2 aromatic carbocycles. The first kappa shape index (κ1) is 17.7. The van der Waals surface area contributed by atoms with Crippen molar-refractivity contribution in [2.24, 2.45) is 0 Å². The van der Waals surface area contributed by atoms with Crippen molar-refractivity contribution in [2.45, 2.75) is 6.18 Å². The minimum absolute atomic E-state index is 0.0363. The topological polar surface area (TPSA) is 79.5 Å². The molecular formula is C17H12F3N3O2S. The van der Waals surface area contributed by atoms with E-state index in [1.165, 1.54) is 6.07 Å². The summed E-state index contributed by atoms with van der Waals surface area (Å²) in [6.07, 6.45) is -6.01. The van der Waals surface area contributed by atoms with Crippen molar-refractivity contribution in [3.8, 4) is 11.3 Å². The molecule has 26 heavy (non-hydrogen) atoms. The maximum absolute atomic E-state index is 12.9. The number of rotatable bonds is 3. The summed E-state index contributed by atoms with van der Waals surface area (Å²) in [6.45, 7) is 0. The van der Waals surface area contributed by atoms with Gasteiger partial charge in [-0.15, -0.1) is 11.3 Å². The lowest BCUT2D eigenvalue weighted by Crippen LogP contribution is -2.24. The summed E-state index contributed by atoms with van der Waals surface area (Å²) >= 11 is 1.01. The average molecular weight is 379 g/mol. The maximum Gasteiger partial charge on any atom is 0.418 e. The van der Waals surface area contributed by atoms with Crippen molar-refractivity contribution in [2.75, 3.05) is 10.6 Å². The van der Waals surface area contributed by atoms with Crippen LogP contribution in [-0.2, 0) is 6.18 Å². The molecule has 0 spiro atoms. The highest BCUT2D eigenvalue weighted by molar-refractivity contribution is 7.14. The fourth-order valence-corrected chi connectivity index (χ4v) is 3.17. The van der Waals surface area contributed by atoms with Gasteiger partial charge in [0.05, 0.1) is 16.9 Å². The van der Waals surface area contributed by atoms with Crippen LogP contribution in [0, 0.1) is 0 Å². The zero-order chi connectivity index (χ0) is 18.9. The number of amides is 1. The van der Waals surface area contributed by atoms with Gasteiger partial charge in [0.1, 0.15) is 0 Å². The molecule has 0 saturated heterocycles. The van der Waals surface area contributed by atoms with Crippen molar-refractivity contribution in [3.05, 3.63) is 59.5 Å². The van der Waals surface area contributed by atoms with E-state index in [1.54, 1.807) is 29.6 Å². The van der Waals surface area contributed by atoms with E-state index in [0.717, 1.165) is 34.4 Å². The van der Waals surface area contributed by atoms with Gasteiger partial charge < -0.3 is 10.8 Å². The number of thiazole rings is 1. The van der Waals surface area contributed by atoms with E-state index in [0.29, 0.717) is 16.9 Å². The minimum atomic E-state index is -4.57. The number of nitrogens with zero attached hydrogens (tertiary/aromatic N) is 2. The fraction of sp³-hybridized carbons (Fsp3) is 0.0588. The third-order valence-corrected chi connectivity index (χ3v) is 4.31. The van der Waals surface area contributed by atoms with Gasteiger partial charge in [0, 0.05) is 16.6 Å². The number of nitrogens with two attached hydrogens (primary N) is 1. The van der Waals surface area contributed by atoms with E-state index in [9.17, 15) is 23.1 Å². The van der Waals surface area contributed by atoms with E-state index >= 15 is 0 Å². The highest BCUT2D eigenvalue weighted by atomic mass is 32.1. The SMILES string of the molecule is Nc1cccc(-c2csc(N(C(=O)O)c3cccc(C(F)(F)F)c3)n2)c1. The van der Waals surface area contributed by atoms with Gasteiger partial charge in [0.25, 0.3) is 0 Å². The molecule has 3 rings (SSSR count). The first-order valence-electron chi connectivity index (χ1n) is 7.27. The molecule has 0 fully saturated rings. The molecule has 0 saturated carbocycles. The first-order chi connectivity index (χ1) is 12.3. The molecule has 0 bridgehead atoms. The molecule has 0 aliphatic heterocycles. The van der Waals surface area contributed by atoms with Gasteiger partial charge in [-0.1, -0.05) is 18.2 Å². The molecule has 9 heteroatoms. The van der Waals surface area contributed by atoms with Crippen LogP contribution in [0.2, 0.25) is 0 Å². The summed E-state index contributed by atoms with van der Waals surface area (Å²) in [4.78, 5) is 16.6. The predicted molar refractivity (Wildman–Crippen MR) is 93.6 cm³/mol. The maximum atomic E-state index is 12.9. The van der Waals surface area contributed by atoms with Crippen molar-refractivity contribution in [1.82, 2.24) is 4.98 Å². The van der Waals surface area contributed by atoms with Crippen molar-refractivity contribution in [3.63, 3.8) is 0 Å². The molecule has 0 atom stereocenters. The number of hydrogen-bond donors (Lipinski definition) is 2. The second-order valence-corrected chi connectivity index (χ2v) is 6.14. The number of carbonyl (C=O) groups is 1. The second kappa shape index (κ2) is 6.68. The Morgan fingerprint density at radius 1 is 1.15 bits per heavy atom. The standard InChI is InChI=1S/C17H12F3N3O2S/c18-17(19,20)11-4-2-6-13(8-11)23(16(24)25)15-22-14(9-26-15)10-3-1-5-12(21)7-10/h1-9H,21H2,(H,24,25). The normalized spacial score (nSPS) is 11.3. The highest BCUT2D eigenvalue weighted by Crippen LogP contribution is 2.36. The summed E-state index contributed by atoms with van der Waals surface area (Å²) in [6, 6.07) is 10.9. The van der Waals surface area contributed by atoms with Crippen LogP contribution in [0.25, 0.3) is 11.3 Å². The van der Waals surface area contributed by atoms with E-state index in [-0.39, 0.29) is 10.8 Å². The number of carboxylic acid groups (broad SMARTS) is 1. The van der Waals surface area contributed by atoms with Crippen molar-refractivity contribution < 1.29 is 23.1 Å². The molecule has 3 N–H and O–H groups in total. The van der Waals surface area contributed by atoms with E-state index in [1.807, 2.05) is 0 Å². The molecule has 0 aliphatic rings. The summed E-state index contributed by atoms with van der Waals surface area (Å²) in [5, 5.41) is 11.1. The Balaban J connectivity index is 2.01. The van der Waals surface area contributed by atoms with Crippen LogP contribution in [0.1, 0.15) is 5.56 Å². The molecule has 0 aliphatic carbocycles. The number of halogens is 3.